The fraction of sp³-hybridized carbons (Fsp3) is 0.294. The van der Waals surface area contributed by atoms with Crippen molar-refractivity contribution in [2.45, 2.75) is 26.9 Å². The maximum atomic E-state index is 13.2. The Morgan fingerprint density at radius 2 is 1.91 bits per heavy atom. The summed E-state index contributed by atoms with van der Waals surface area (Å²) in [5.41, 5.74) is 1.95. The highest BCUT2D eigenvalue weighted by atomic mass is 32.1. The number of thiophene rings is 1. The van der Waals surface area contributed by atoms with Gasteiger partial charge >= 0.3 is 0 Å². The first-order valence-corrected chi connectivity index (χ1v) is 8.23. The van der Waals surface area contributed by atoms with Crippen LogP contribution in [0, 0.1) is 19.7 Å². The van der Waals surface area contributed by atoms with E-state index in [1.807, 2.05) is 13.8 Å². The molecule has 6 heteroatoms. The van der Waals surface area contributed by atoms with Crippen LogP contribution < -0.4 is 5.32 Å². The van der Waals surface area contributed by atoms with E-state index >= 15 is 0 Å². The van der Waals surface area contributed by atoms with E-state index in [0.717, 1.165) is 26.2 Å². The Morgan fingerprint density at radius 1 is 1.22 bits per heavy atom. The molecule has 1 atom stereocenters. The molecule has 23 heavy (non-hydrogen) atoms. The number of rotatable bonds is 4. The van der Waals surface area contributed by atoms with Crippen LogP contribution in [0.25, 0.3) is 21.3 Å². The molecule has 2 aromatic heterocycles. The number of nitrogens with one attached hydrogen (secondary N) is 1. The van der Waals surface area contributed by atoms with E-state index < -0.39 is 6.10 Å². The fourth-order valence-corrected chi connectivity index (χ4v) is 3.65. The molecule has 4 nitrogen and oxygen atoms in total. The molecule has 2 heterocycles. The van der Waals surface area contributed by atoms with Gasteiger partial charge in [0.15, 0.2) is 0 Å². The second-order valence-electron chi connectivity index (χ2n) is 5.57. The third-order valence-corrected chi connectivity index (χ3v) is 4.54. The highest BCUT2D eigenvalue weighted by Crippen LogP contribution is 2.40. The number of hydrogen-bond acceptors (Lipinski definition) is 5. The van der Waals surface area contributed by atoms with E-state index in [4.69, 9.17) is 0 Å². The zero-order valence-corrected chi connectivity index (χ0v) is 14.0. The number of anilines is 1. The molecule has 3 rings (SSSR count). The van der Waals surface area contributed by atoms with Crippen LogP contribution in [-0.4, -0.2) is 27.7 Å². The Kier molecular flexibility index (Phi) is 4.28. The van der Waals surface area contributed by atoms with Crippen LogP contribution in [0.3, 0.4) is 0 Å². The number of halogens is 1. The summed E-state index contributed by atoms with van der Waals surface area (Å²) in [7, 11) is 0. The van der Waals surface area contributed by atoms with Gasteiger partial charge in [0.25, 0.3) is 0 Å². The molecule has 0 spiro atoms. The van der Waals surface area contributed by atoms with Crippen molar-refractivity contribution < 1.29 is 9.50 Å². The first-order chi connectivity index (χ1) is 11.0. The van der Waals surface area contributed by atoms with Crippen molar-refractivity contribution in [3.05, 3.63) is 40.8 Å². The monoisotopic (exact) mass is 331 g/mol. The number of nitrogens with zero attached hydrogens (tertiary/aromatic N) is 2. The highest BCUT2D eigenvalue weighted by molar-refractivity contribution is 7.19. The number of aliphatic hydroxyl groups is 1. The molecule has 0 saturated carbocycles. The maximum absolute atomic E-state index is 13.2. The van der Waals surface area contributed by atoms with Crippen LogP contribution in [-0.2, 0) is 0 Å². The van der Waals surface area contributed by atoms with Crippen LogP contribution in [0.4, 0.5) is 10.2 Å². The first kappa shape index (κ1) is 15.8. The number of aromatic nitrogens is 2. The first-order valence-electron chi connectivity index (χ1n) is 7.41. The molecule has 0 saturated heterocycles. The van der Waals surface area contributed by atoms with Gasteiger partial charge in [0.2, 0.25) is 0 Å². The summed E-state index contributed by atoms with van der Waals surface area (Å²) in [5.74, 6) is 1.13. The van der Waals surface area contributed by atoms with Crippen LogP contribution in [0.15, 0.2) is 24.3 Å². The summed E-state index contributed by atoms with van der Waals surface area (Å²) in [6, 6.07) is 6.44. The van der Waals surface area contributed by atoms with E-state index in [2.05, 4.69) is 15.3 Å². The van der Waals surface area contributed by atoms with Crippen molar-refractivity contribution in [1.82, 2.24) is 9.97 Å². The predicted molar refractivity (Wildman–Crippen MR) is 92.5 cm³/mol. The average molecular weight is 331 g/mol. The minimum absolute atomic E-state index is 0.259. The maximum Gasteiger partial charge on any atom is 0.139 e. The van der Waals surface area contributed by atoms with Gasteiger partial charge in [0, 0.05) is 17.0 Å². The SMILES string of the molecule is Cc1nc(NCC(C)O)c2c(-c3ccc(F)cc3)c(C)sc2n1. The lowest BCUT2D eigenvalue weighted by atomic mass is 10.0. The van der Waals surface area contributed by atoms with Crippen LogP contribution in [0.1, 0.15) is 17.6 Å². The average Bonchev–Trinajstić information content (AvgIpc) is 2.81. The van der Waals surface area contributed by atoms with Gasteiger partial charge in [0.05, 0.1) is 11.5 Å². The second kappa shape index (κ2) is 6.22. The Morgan fingerprint density at radius 3 is 2.57 bits per heavy atom. The number of benzene rings is 1. The lowest BCUT2D eigenvalue weighted by Gasteiger charge is -2.11. The van der Waals surface area contributed by atoms with E-state index in [1.54, 1.807) is 30.4 Å². The highest BCUT2D eigenvalue weighted by Gasteiger charge is 2.18. The van der Waals surface area contributed by atoms with Crippen molar-refractivity contribution in [3.63, 3.8) is 0 Å². The van der Waals surface area contributed by atoms with Crippen molar-refractivity contribution in [3.8, 4) is 11.1 Å². The molecule has 0 aliphatic carbocycles. The Bertz CT molecular complexity index is 843. The third kappa shape index (κ3) is 3.18. The Hall–Kier alpha value is -2.05. The van der Waals surface area contributed by atoms with Gasteiger partial charge < -0.3 is 10.4 Å². The molecule has 0 aliphatic heterocycles. The topological polar surface area (TPSA) is 58.0 Å². The zero-order valence-electron chi connectivity index (χ0n) is 13.2. The van der Waals surface area contributed by atoms with Crippen molar-refractivity contribution >= 4 is 27.4 Å². The van der Waals surface area contributed by atoms with E-state index in [0.29, 0.717) is 18.2 Å². The molecule has 0 fully saturated rings. The number of hydrogen-bond donors (Lipinski definition) is 2. The lowest BCUT2D eigenvalue weighted by molar-refractivity contribution is 0.208. The van der Waals surface area contributed by atoms with Gasteiger partial charge in [-0.1, -0.05) is 12.1 Å². The third-order valence-electron chi connectivity index (χ3n) is 3.54. The quantitative estimate of drug-likeness (QED) is 0.761. The van der Waals surface area contributed by atoms with Gasteiger partial charge in [-0.05, 0) is 38.5 Å². The van der Waals surface area contributed by atoms with Gasteiger partial charge in [-0.15, -0.1) is 11.3 Å². The van der Waals surface area contributed by atoms with Gasteiger partial charge in [0.1, 0.15) is 22.3 Å². The minimum atomic E-state index is -0.477. The summed E-state index contributed by atoms with van der Waals surface area (Å²) < 4.78 is 13.2. The minimum Gasteiger partial charge on any atom is -0.392 e. The smallest absolute Gasteiger partial charge is 0.139 e. The Labute approximate surface area is 138 Å². The van der Waals surface area contributed by atoms with Gasteiger partial charge in [-0.3, -0.25) is 0 Å². The molecule has 0 bridgehead atoms. The van der Waals surface area contributed by atoms with E-state index in [1.165, 1.54) is 12.1 Å². The molecule has 0 amide bonds. The molecule has 1 aromatic carbocycles. The molecule has 120 valence electrons. The zero-order chi connectivity index (χ0) is 16.6. The number of aliphatic hydroxyl groups excluding tert-OH is 1. The molecule has 1 unspecified atom stereocenters. The normalized spacial score (nSPS) is 12.6. The molecular weight excluding hydrogens is 313 g/mol. The molecule has 0 aliphatic rings. The van der Waals surface area contributed by atoms with Crippen LogP contribution in [0.2, 0.25) is 0 Å². The van der Waals surface area contributed by atoms with E-state index in [-0.39, 0.29) is 5.82 Å². The summed E-state index contributed by atoms with van der Waals surface area (Å²) in [5, 5.41) is 13.6. The van der Waals surface area contributed by atoms with E-state index in [9.17, 15) is 9.50 Å². The summed E-state index contributed by atoms with van der Waals surface area (Å²) in [6.45, 7) is 6.00. The second-order valence-corrected chi connectivity index (χ2v) is 6.77. The number of aryl methyl sites for hydroxylation is 2. The molecular formula is C17H18FN3OS. The van der Waals surface area contributed by atoms with Crippen molar-refractivity contribution in [1.29, 1.82) is 0 Å². The van der Waals surface area contributed by atoms with Gasteiger partial charge in [-0.2, -0.15) is 0 Å². The molecule has 2 N–H and O–H groups in total. The summed E-state index contributed by atoms with van der Waals surface area (Å²) in [6.07, 6.45) is -0.477. The fourth-order valence-electron chi connectivity index (χ4n) is 2.55. The molecule has 0 radical (unpaired) electrons. The predicted octanol–water partition coefficient (Wildman–Crippen LogP) is 3.91. The van der Waals surface area contributed by atoms with Crippen LogP contribution in [0.5, 0.6) is 0 Å². The number of fused-ring (bicyclic) bond motifs is 1. The standard InChI is InChI=1S/C17H18FN3OS/c1-9(22)8-19-16-15-14(12-4-6-13(18)7-5-12)10(2)23-17(15)21-11(3)20-16/h4-7,9,22H,8H2,1-3H3,(H,19,20,21). The molecule has 3 aromatic rings. The Balaban J connectivity index is 2.20. The van der Waals surface area contributed by atoms with Crippen molar-refractivity contribution in [2.75, 3.05) is 11.9 Å². The largest absolute Gasteiger partial charge is 0.392 e. The van der Waals surface area contributed by atoms with Crippen molar-refractivity contribution in [2.24, 2.45) is 0 Å². The summed E-state index contributed by atoms with van der Waals surface area (Å²) >= 11 is 1.59. The lowest BCUT2D eigenvalue weighted by Crippen LogP contribution is -2.16. The summed E-state index contributed by atoms with van der Waals surface area (Å²) in [4.78, 5) is 11.0. The van der Waals surface area contributed by atoms with Crippen LogP contribution >= 0.6 is 11.3 Å². The van der Waals surface area contributed by atoms with Gasteiger partial charge in [-0.25, -0.2) is 14.4 Å².